The van der Waals surface area contributed by atoms with Gasteiger partial charge >= 0.3 is 0 Å². The van der Waals surface area contributed by atoms with Crippen LogP contribution in [-0.2, 0) is 21.4 Å². The van der Waals surface area contributed by atoms with Crippen LogP contribution in [0.1, 0.15) is 37.5 Å². The Hall–Kier alpha value is -2.17. The molecule has 1 atom stereocenters. The molecule has 0 radical (unpaired) electrons. The van der Waals surface area contributed by atoms with E-state index in [2.05, 4.69) is 10.1 Å². The predicted molar refractivity (Wildman–Crippen MR) is 92.9 cm³/mol. The van der Waals surface area contributed by atoms with Gasteiger partial charge in [-0.3, -0.25) is 0 Å². The number of benzene rings is 1. The molecule has 4 rings (SSSR count). The van der Waals surface area contributed by atoms with Gasteiger partial charge in [-0.2, -0.15) is 9.29 Å². The van der Waals surface area contributed by atoms with Gasteiger partial charge in [-0.15, -0.1) is 0 Å². The van der Waals surface area contributed by atoms with Crippen LogP contribution in [0.15, 0.2) is 27.6 Å². The van der Waals surface area contributed by atoms with E-state index in [0.717, 1.165) is 6.42 Å². The Bertz CT molecular complexity index is 913. The first-order chi connectivity index (χ1) is 13.1. The molecule has 2 aromatic rings. The van der Waals surface area contributed by atoms with E-state index in [1.165, 1.54) is 16.4 Å². The van der Waals surface area contributed by atoms with Crippen LogP contribution in [0.25, 0.3) is 0 Å². The Balaban J connectivity index is 1.60. The lowest BCUT2D eigenvalue weighted by Crippen LogP contribution is -2.31. The summed E-state index contributed by atoms with van der Waals surface area (Å²) < 4.78 is 49.2. The molecule has 0 aliphatic carbocycles. The third-order valence-corrected chi connectivity index (χ3v) is 6.44. The number of sulfonamides is 1. The SMILES string of the molecule is CCOCc1nc(C2CCCN2S(=O)(=O)c2ccc3c(c2)OCCO3)no1. The highest BCUT2D eigenvalue weighted by Crippen LogP contribution is 2.38. The van der Waals surface area contributed by atoms with E-state index in [0.29, 0.717) is 56.0 Å². The second-order valence-corrected chi connectivity index (χ2v) is 8.15. The average molecular weight is 395 g/mol. The molecule has 0 spiro atoms. The second kappa shape index (κ2) is 7.45. The van der Waals surface area contributed by atoms with Crippen molar-refractivity contribution in [3.05, 3.63) is 29.9 Å². The molecule has 27 heavy (non-hydrogen) atoms. The summed E-state index contributed by atoms with van der Waals surface area (Å²) in [7, 11) is -3.73. The van der Waals surface area contributed by atoms with Gasteiger partial charge in [-0.1, -0.05) is 5.16 Å². The monoisotopic (exact) mass is 395 g/mol. The van der Waals surface area contributed by atoms with Gasteiger partial charge in [0.25, 0.3) is 5.89 Å². The minimum atomic E-state index is -3.73. The van der Waals surface area contributed by atoms with E-state index >= 15 is 0 Å². The van der Waals surface area contributed by atoms with E-state index < -0.39 is 16.1 Å². The molecule has 146 valence electrons. The van der Waals surface area contributed by atoms with Crippen LogP contribution in [0.3, 0.4) is 0 Å². The smallest absolute Gasteiger partial charge is 0.252 e. The summed E-state index contributed by atoms with van der Waals surface area (Å²) in [6.07, 6.45) is 1.36. The van der Waals surface area contributed by atoms with E-state index in [9.17, 15) is 8.42 Å². The van der Waals surface area contributed by atoms with Gasteiger partial charge in [0.15, 0.2) is 17.3 Å². The molecule has 0 bridgehead atoms. The summed E-state index contributed by atoms with van der Waals surface area (Å²) in [5, 5.41) is 3.96. The summed E-state index contributed by atoms with van der Waals surface area (Å²) in [4.78, 5) is 4.47. The van der Waals surface area contributed by atoms with Crippen molar-refractivity contribution >= 4 is 10.0 Å². The number of fused-ring (bicyclic) bond motifs is 1. The molecule has 1 aromatic carbocycles. The third kappa shape index (κ3) is 3.52. The van der Waals surface area contributed by atoms with Gasteiger partial charge in [-0.05, 0) is 31.9 Å². The summed E-state index contributed by atoms with van der Waals surface area (Å²) in [6.45, 7) is 3.87. The predicted octanol–water partition coefficient (Wildman–Crippen LogP) is 1.90. The molecule has 0 N–H and O–H groups in total. The molecule has 10 heteroatoms. The van der Waals surface area contributed by atoms with Gasteiger partial charge in [0, 0.05) is 19.2 Å². The lowest BCUT2D eigenvalue weighted by Gasteiger charge is -2.23. The molecule has 1 saturated heterocycles. The summed E-state index contributed by atoms with van der Waals surface area (Å²) in [5.74, 6) is 1.70. The highest BCUT2D eigenvalue weighted by Gasteiger charge is 2.39. The van der Waals surface area contributed by atoms with Crippen LogP contribution in [0, 0.1) is 0 Å². The van der Waals surface area contributed by atoms with Crippen molar-refractivity contribution in [3.63, 3.8) is 0 Å². The molecular weight excluding hydrogens is 374 g/mol. The largest absolute Gasteiger partial charge is 0.486 e. The van der Waals surface area contributed by atoms with Crippen molar-refractivity contribution in [1.29, 1.82) is 0 Å². The molecule has 1 aromatic heterocycles. The highest BCUT2D eigenvalue weighted by molar-refractivity contribution is 7.89. The fourth-order valence-corrected chi connectivity index (χ4v) is 4.93. The number of hydrogen-bond acceptors (Lipinski definition) is 8. The zero-order valence-corrected chi connectivity index (χ0v) is 15.8. The van der Waals surface area contributed by atoms with Crippen LogP contribution in [0.2, 0.25) is 0 Å². The normalized spacial score (nSPS) is 20.1. The van der Waals surface area contributed by atoms with Crippen molar-refractivity contribution < 1.29 is 27.2 Å². The minimum absolute atomic E-state index is 0.164. The van der Waals surface area contributed by atoms with E-state index in [-0.39, 0.29) is 11.5 Å². The molecule has 0 saturated carbocycles. The van der Waals surface area contributed by atoms with E-state index in [1.807, 2.05) is 6.92 Å². The van der Waals surface area contributed by atoms with Crippen LogP contribution in [0.5, 0.6) is 11.5 Å². The minimum Gasteiger partial charge on any atom is -0.486 e. The number of hydrogen-bond donors (Lipinski definition) is 0. The van der Waals surface area contributed by atoms with E-state index in [1.54, 1.807) is 6.07 Å². The van der Waals surface area contributed by atoms with Gasteiger partial charge in [0.2, 0.25) is 10.0 Å². The highest BCUT2D eigenvalue weighted by atomic mass is 32.2. The van der Waals surface area contributed by atoms with Gasteiger partial charge in [0.05, 0.1) is 10.9 Å². The van der Waals surface area contributed by atoms with Crippen LogP contribution >= 0.6 is 0 Å². The lowest BCUT2D eigenvalue weighted by atomic mass is 10.2. The molecule has 3 heterocycles. The Kier molecular flexibility index (Phi) is 5.02. The average Bonchev–Trinajstić information content (AvgIpc) is 3.35. The maximum atomic E-state index is 13.2. The molecular formula is C17H21N3O6S. The Morgan fingerprint density at radius 1 is 1.26 bits per heavy atom. The molecule has 0 amide bonds. The molecule has 2 aliphatic rings. The van der Waals surface area contributed by atoms with Gasteiger partial charge in [0.1, 0.15) is 19.8 Å². The zero-order valence-electron chi connectivity index (χ0n) is 15.0. The summed E-state index contributed by atoms with van der Waals surface area (Å²) in [5.41, 5.74) is 0. The first kappa shape index (κ1) is 18.2. The van der Waals surface area contributed by atoms with Crippen molar-refractivity contribution in [2.75, 3.05) is 26.4 Å². The standard InChI is InChI=1S/C17H21N3O6S/c1-2-23-11-16-18-17(19-26-16)13-4-3-7-20(13)27(21,22)12-5-6-14-15(10-12)25-9-8-24-14/h5-6,10,13H,2-4,7-9,11H2,1H3. The van der Waals surface area contributed by atoms with Crippen LogP contribution in [0.4, 0.5) is 0 Å². The first-order valence-corrected chi connectivity index (χ1v) is 10.4. The number of ether oxygens (including phenoxy) is 3. The Labute approximate surface area is 157 Å². The van der Waals surface area contributed by atoms with Gasteiger partial charge < -0.3 is 18.7 Å². The van der Waals surface area contributed by atoms with Crippen molar-refractivity contribution in [3.8, 4) is 11.5 Å². The van der Waals surface area contributed by atoms with Gasteiger partial charge in [-0.25, -0.2) is 8.42 Å². The lowest BCUT2D eigenvalue weighted by molar-refractivity contribution is 0.109. The molecule has 1 unspecified atom stereocenters. The summed E-state index contributed by atoms with van der Waals surface area (Å²) >= 11 is 0. The Morgan fingerprint density at radius 3 is 2.89 bits per heavy atom. The topological polar surface area (TPSA) is 104 Å². The first-order valence-electron chi connectivity index (χ1n) is 8.91. The molecule has 2 aliphatic heterocycles. The van der Waals surface area contributed by atoms with Crippen LogP contribution < -0.4 is 9.47 Å². The molecule has 1 fully saturated rings. The van der Waals surface area contributed by atoms with Crippen molar-refractivity contribution in [2.24, 2.45) is 0 Å². The fraction of sp³-hybridized carbons (Fsp3) is 0.529. The number of nitrogens with zero attached hydrogens (tertiary/aromatic N) is 3. The van der Waals surface area contributed by atoms with Crippen molar-refractivity contribution in [1.82, 2.24) is 14.4 Å². The van der Waals surface area contributed by atoms with Crippen LogP contribution in [-0.4, -0.2) is 49.2 Å². The van der Waals surface area contributed by atoms with Crippen molar-refractivity contribution in [2.45, 2.75) is 37.3 Å². The van der Waals surface area contributed by atoms with E-state index in [4.69, 9.17) is 18.7 Å². The third-order valence-electron chi connectivity index (χ3n) is 4.54. The fourth-order valence-electron chi connectivity index (χ4n) is 3.26. The number of aromatic nitrogens is 2. The maximum Gasteiger partial charge on any atom is 0.252 e. The number of rotatable bonds is 6. The Morgan fingerprint density at radius 2 is 2.07 bits per heavy atom. The second-order valence-electron chi connectivity index (χ2n) is 6.26. The maximum absolute atomic E-state index is 13.2. The quantitative estimate of drug-likeness (QED) is 0.730. The molecule has 9 nitrogen and oxygen atoms in total. The zero-order chi connectivity index (χ0) is 18.9. The summed E-state index contributed by atoms with van der Waals surface area (Å²) in [6, 6.07) is 4.22.